The van der Waals surface area contributed by atoms with E-state index >= 15 is 0 Å². The van der Waals surface area contributed by atoms with E-state index in [0.29, 0.717) is 5.92 Å². The molecule has 1 unspecified atom stereocenters. The van der Waals surface area contributed by atoms with Gasteiger partial charge in [0, 0.05) is 11.3 Å². The molecule has 0 spiro atoms. The molecule has 2 nitrogen and oxygen atoms in total. The van der Waals surface area contributed by atoms with Crippen LogP contribution in [0.3, 0.4) is 0 Å². The zero-order chi connectivity index (χ0) is 17.1. The number of phenols is 1. The second-order valence-electron chi connectivity index (χ2n) is 6.42. The van der Waals surface area contributed by atoms with Crippen LogP contribution in [-0.2, 0) is 0 Å². The van der Waals surface area contributed by atoms with Crippen LogP contribution in [0.1, 0.15) is 30.0 Å². The van der Waals surface area contributed by atoms with Crippen molar-refractivity contribution in [2.45, 2.75) is 20.3 Å². The number of rotatable bonds is 2. The Morgan fingerprint density at radius 2 is 1.83 bits per heavy atom. The summed E-state index contributed by atoms with van der Waals surface area (Å²) in [5.74, 6) is 0.692. The van der Waals surface area contributed by atoms with Crippen LogP contribution in [0.25, 0.3) is 11.1 Å². The molecule has 2 aromatic carbocycles. The first-order valence-corrected chi connectivity index (χ1v) is 8.29. The molecule has 3 N–H and O–H groups in total. The summed E-state index contributed by atoms with van der Waals surface area (Å²) in [7, 11) is 0. The van der Waals surface area contributed by atoms with Gasteiger partial charge in [-0.2, -0.15) is 0 Å². The number of aromatic hydroxyl groups is 1. The molecule has 24 heavy (non-hydrogen) atoms. The standard InChI is InChI=1S/C22H23NO/c1-15-8-9-18(20-11-10-19(24)13-16(20)2)14-22(23)21(12-15)17-6-4-3-5-7-17/h3-7,9-15,24H,8,23H2,1-2H3. The van der Waals surface area contributed by atoms with Gasteiger partial charge in [0.2, 0.25) is 0 Å². The average molecular weight is 317 g/mol. The molecule has 122 valence electrons. The van der Waals surface area contributed by atoms with E-state index in [-0.39, 0.29) is 5.75 Å². The lowest BCUT2D eigenvalue weighted by atomic mass is 9.89. The van der Waals surface area contributed by atoms with E-state index in [4.69, 9.17) is 5.73 Å². The van der Waals surface area contributed by atoms with Crippen LogP contribution >= 0.6 is 0 Å². The zero-order valence-electron chi connectivity index (χ0n) is 14.2. The molecule has 0 saturated heterocycles. The Hall–Kier alpha value is -2.74. The first-order valence-electron chi connectivity index (χ1n) is 8.29. The molecule has 0 fully saturated rings. The Labute approximate surface area is 143 Å². The summed E-state index contributed by atoms with van der Waals surface area (Å²) in [4.78, 5) is 0. The highest BCUT2D eigenvalue weighted by Crippen LogP contribution is 2.31. The lowest BCUT2D eigenvalue weighted by Crippen LogP contribution is -2.06. The minimum absolute atomic E-state index is 0.290. The van der Waals surface area contributed by atoms with Crippen molar-refractivity contribution >= 4 is 11.1 Å². The van der Waals surface area contributed by atoms with Crippen molar-refractivity contribution < 1.29 is 5.11 Å². The van der Waals surface area contributed by atoms with E-state index < -0.39 is 0 Å². The second kappa shape index (κ2) is 6.79. The summed E-state index contributed by atoms with van der Waals surface area (Å²) in [5, 5.41) is 9.65. The second-order valence-corrected chi connectivity index (χ2v) is 6.42. The first kappa shape index (κ1) is 16.1. The molecule has 1 aliphatic rings. The van der Waals surface area contributed by atoms with Crippen molar-refractivity contribution in [1.29, 1.82) is 0 Å². The van der Waals surface area contributed by atoms with Crippen LogP contribution in [0, 0.1) is 12.8 Å². The average Bonchev–Trinajstić information content (AvgIpc) is 2.56. The van der Waals surface area contributed by atoms with Crippen molar-refractivity contribution in [3.05, 3.63) is 89.1 Å². The number of hydrogen-bond acceptors (Lipinski definition) is 2. The molecule has 0 amide bonds. The minimum atomic E-state index is 0.290. The van der Waals surface area contributed by atoms with Gasteiger partial charge in [-0.15, -0.1) is 0 Å². The maximum Gasteiger partial charge on any atom is 0.115 e. The van der Waals surface area contributed by atoms with E-state index in [1.54, 1.807) is 12.1 Å². The van der Waals surface area contributed by atoms with Gasteiger partial charge in [-0.1, -0.05) is 55.5 Å². The van der Waals surface area contributed by atoms with Crippen molar-refractivity contribution in [2.75, 3.05) is 0 Å². The van der Waals surface area contributed by atoms with Gasteiger partial charge in [-0.3, -0.25) is 0 Å². The quantitative estimate of drug-likeness (QED) is 0.814. The van der Waals surface area contributed by atoms with Crippen LogP contribution in [0.2, 0.25) is 0 Å². The zero-order valence-corrected chi connectivity index (χ0v) is 14.2. The van der Waals surface area contributed by atoms with Gasteiger partial charge in [0.1, 0.15) is 5.75 Å². The summed E-state index contributed by atoms with van der Waals surface area (Å²) in [6.07, 6.45) is 7.48. The summed E-state index contributed by atoms with van der Waals surface area (Å²) >= 11 is 0. The van der Waals surface area contributed by atoms with Gasteiger partial charge in [0.15, 0.2) is 0 Å². The highest BCUT2D eigenvalue weighted by Gasteiger charge is 2.13. The molecular formula is C22H23NO. The lowest BCUT2D eigenvalue weighted by Gasteiger charge is -2.17. The highest BCUT2D eigenvalue weighted by molar-refractivity contribution is 5.86. The fourth-order valence-corrected chi connectivity index (χ4v) is 3.11. The first-order chi connectivity index (χ1) is 11.5. The molecule has 0 heterocycles. The van der Waals surface area contributed by atoms with Crippen molar-refractivity contribution in [2.24, 2.45) is 11.7 Å². The summed E-state index contributed by atoms with van der Waals surface area (Å²) in [6, 6.07) is 15.7. The van der Waals surface area contributed by atoms with Gasteiger partial charge in [-0.25, -0.2) is 0 Å². The van der Waals surface area contributed by atoms with Gasteiger partial charge >= 0.3 is 0 Å². The smallest absolute Gasteiger partial charge is 0.115 e. The summed E-state index contributed by atoms with van der Waals surface area (Å²) < 4.78 is 0. The molecule has 0 radical (unpaired) electrons. The normalized spacial score (nSPS) is 18.1. The SMILES string of the molecule is Cc1cc(O)ccc1C1=CCC(C)C=C(c2ccccc2)C(N)=C1. The minimum Gasteiger partial charge on any atom is -0.508 e. The Balaban J connectivity index is 2.07. The number of phenolic OH excluding ortho intramolecular Hbond substituents is 1. The van der Waals surface area contributed by atoms with Gasteiger partial charge < -0.3 is 10.8 Å². The number of aryl methyl sites for hydroxylation is 1. The van der Waals surface area contributed by atoms with Crippen molar-refractivity contribution in [1.82, 2.24) is 0 Å². The Morgan fingerprint density at radius 3 is 2.54 bits per heavy atom. The molecule has 1 atom stereocenters. The predicted molar refractivity (Wildman–Crippen MR) is 101 cm³/mol. The van der Waals surface area contributed by atoms with E-state index in [2.05, 4.69) is 31.2 Å². The fraction of sp³-hybridized carbons (Fsp3) is 0.182. The largest absolute Gasteiger partial charge is 0.508 e. The molecule has 0 bridgehead atoms. The molecule has 1 aliphatic carbocycles. The van der Waals surface area contributed by atoms with E-state index in [1.807, 2.05) is 37.3 Å². The molecule has 0 aliphatic heterocycles. The maximum absolute atomic E-state index is 9.65. The van der Waals surface area contributed by atoms with E-state index in [0.717, 1.165) is 40.0 Å². The third kappa shape index (κ3) is 3.43. The Morgan fingerprint density at radius 1 is 1.08 bits per heavy atom. The third-order valence-electron chi connectivity index (χ3n) is 4.39. The van der Waals surface area contributed by atoms with Gasteiger partial charge in [-0.05, 0) is 59.7 Å². The monoisotopic (exact) mass is 317 g/mol. The van der Waals surface area contributed by atoms with E-state index in [1.165, 1.54) is 0 Å². The van der Waals surface area contributed by atoms with Crippen LogP contribution in [0.5, 0.6) is 5.75 Å². The topological polar surface area (TPSA) is 46.2 Å². The van der Waals surface area contributed by atoms with Gasteiger partial charge in [0.05, 0.1) is 0 Å². The molecule has 2 aromatic rings. The lowest BCUT2D eigenvalue weighted by molar-refractivity contribution is 0.475. The Bertz CT molecular complexity index is 828. The molecule has 0 aromatic heterocycles. The molecule has 3 rings (SSSR count). The Kier molecular flexibility index (Phi) is 4.57. The van der Waals surface area contributed by atoms with E-state index in [9.17, 15) is 5.11 Å². The summed E-state index contributed by atoms with van der Waals surface area (Å²) in [6.45, 7) is 4.22. The maximum atomic E-state index is 9.65. The molecule has 0 saturated carbocycles. The third-order valence-corrected chi connectivity index (χ3v) is 4.39. The molecule has 2 heteroatoms. The number of nitrogens with two attached hydrogens (primary N) is 1. The number of benzene rings is 2. The number of allylic oxidation sites excluding steroid dienone is 5. The van der Waals surface area contributed by atoms with Crippen molar-refractivity contribution in [3.8, 4) is 5.75 Å². The molecular weight excluding hydrogens is 294 g/mol. The van der Waals surface area contributed by atoms with Crippen LogP contribution in [0.4, 0.5) is 0 Å². The highest BCUT2D eigenvalue weighted by atomic mass is 16.3. The predicted octanol–water partition coefficient (Wildman–Crippen LogP) is 5.05. The fourth-order valence-electron chi connectivity index (χ4n) is 3.11. The van der Waals surface area contributed by atoms with Gasteiger partial charge in [0.25, 0.3) is 0 Å². The number of hydrogen-bond donors (Lipinski definition) is 2. The van der Waals surface area contributed by atoms with Crippen LogP contribution < -0.4 is 5.73 Å². The summed E-state index contributed by atoms with van der Waals surface area (Å²) in [5.41, 5.74) is 12.7. The van der Waals surface area contributed by atoms with Crippen LogP contribution in [-0.4, -0.2) is 5.11 Å². The van der Waals surface area contributed by atoms with Crippen LogP contribution in [0.15, 0.2) is 72.5 Å². The van der Waals surface area contributed by atoms with Crippen molar-refractivity contribution in [3.63, 3.8) is 0 Å².